The van der Waals surface area contributed by atoms with E-state index in [1.165, 1.54) is 0 Å². The second-order valence-electron chi connectivity index (χ2n) is 8.16. The Labute approximate surface area is 215 Å². The number of nitrogens with one attached hydrogen (secondary N) is 1. The zero-order valence-electron chi connectivity index (χ0n) is 19.1. The molecule has 0 saturated heterocycles. The van der Waals surface area contributed by atoms with Gasteiger partial charge in [-0.1, -0.05) is 48.5 Å². The number of fused-ring (bicyclic) bond motifs is 2. The molecule has 188 valence electrons. The third-order valence-electron chi connectivity index (χ3n) is 5.72. The molecular formula is C26H14F3N5O3S. The van der Waals surface area contributed by atoms with E-state index in [1.54, 1.807) is 66.0 Å². The summed E-state index contributed by atoms with van der Waals surface area (Å²) < 4.78 is 47.4. The van der Waals surface area contributed by atoms with Gasteiger partial charge in [0.15, 0.2) is 16.5 Å². The number of hydrogen-bond donors (Lipinski definition) is 1. The number of carbonyl (C=O) groups is 1. The van der Waals surface area contributed by atoms with E-state index in [0.29, 0.717) is 21.0 Å². The van der Waals surface area contributed by atoms with Crippen molar-refractivity contribution >= 4 is 39.0 Å². The number of carbonyl (C=O) groups excluding carboxylic acids is 1. The first-order valence-corrected chi connectivity index (χ1v) is 12.0. The quantitative estimate of drug-likeness (QED) is 0.283. The maximum absolute atomic E-state index is 13.8. The summed E-state index contributed by atoms with van der Waals surface area (Å²) in [5.74, 6) is -0.753. The molecule has 6 rings (SSSR count). The largest absolute Gasteiger partial charge is 0.433 e. The molecule has 4 heterocycles. The number of alkyl halides is 3. The number of anilines is 1. The maximum Gasteiger partial charge on any atom is 0.433 e. The number of benzene rings is 2. The summed E-state index contributed by atoms with van der Waals surface area (Å²) in [6, 6.07) is 17.9. The van der Waals surface area contributed by atoms with Crippen LogP contribution in [0.4, 0.5) is 18.3 Å². The Bertz CT molecular complexity index is 1890. The number of nitrogens with zero attached hydrogens (tertiary/aromatic N) is 4. The van der Waals surface area contributed by atoms with Gasteiger partial charge >= 0.3 is 11.8 Å². The SMILES string of the molecule is O=C(Nc1nc(-c2cc3ccccc3oc2=O)cs1)c1cnn2c(C(F)(F)F)cc(-c3ccccc3)nc12. The van der Waals surface area contributed by atoms with Crippen molar-refractivity contribution in [1.29, 1.82) is 0 Å². The summed E-state index contributed by atoms with van der Waals surface area (Å²) in [5.41, 5.74) is -0.677. The van der Waals surface area contributed by atoms with Gasteiger partial charge in [-0.25, -0.2) is 19.3 Å². The minimum Gasteiger partial charge on any atom is -0.422 e. The van der Waals surface area contributed by atoms with Crippen LogP contribution in [-0.4, -0.2) is 25.5 Å². The Balaban J connectivity index is 1.36. The highest BCUT2D eigenvalue weighted by atomic mass is 32.1. The van der Waals surface area contributed by atoms with Crippen LogP contribution in [0.2, 0.25) is 0 Å². The summed E-state index contributed by atoms with van der Waals surface area (Å²) in [4.78, 5) is 34.1. The highest BCUT2D eigenvalue weighted by Crippen LogP contribution is 2.33. The molecule has 12 heteroatoms. The average molecular weight is 533 g/mol. The molecule has 0 spiro atoms. The van der Waals surface area contributed by atoms with Crippen LogP contribution in [0.3, 0.4) is 0 Å². The lowest BCUT2D eigenvalue weighted by Crippen LogP contribution is -2.15. The van der Waals surface area contributed by atoms with Crippen LogP contribution in [0, 0.1) is 0 Å². The van der Waals surface area contributed by atoms with Gasteiger partial charge in [-0.3, -0.25) is 10.1 Å². The Morgan fingerprint density at radius 1 is 0.974 bits per heavy atom. The Kier molecular flexibility index (Phi) is 5.53. The average Bonchev–Trinajstić information content (AvgIpc) is 3.55. The Morgan fingerprint density at radius 3 is 2.53 bits per heavy atom. The van der Waals surface area contributed by atoms with Gasteiger partial charge < -0.3 is 4.42 Å². The van der Waals surface area contributed by atoms with Crippen LogP contribution >= 0.6 is 11.3 Å². The first-order chi connectivity index (χ1) is 18.3. The summed E-state index contributed by atoms with van der Waals surface area (Å²) in [7, 11) is 0. The number of amides is 1. The molecular weight excluding hydrogens is 519 g/mol. The van der Waals surface area contributed by atoms with Crippen molar-refractivity contribution in [1.82, 2.24) is 19.6 Å². The van der Waals surface area contributed by atoms with Crippen LogP contribution < -0.4 is 10.9 Å². The van der Waals surface area contributed by atoms with E-state index in [4.69, 9.17) is 4.42 Å². The van der Waals surface area contributed by atoms with Crippen molar-refractivity contribution in [2.24, 2.45) is 0 Å². The highest BCUT2D eigenvalue weighted by molar-refractivity contribution is 7.14. The molecule has 0 aliphatic rings. The monoisotopic (exact) mass is 533 g/mol. The van der Waals surface area contributed by atoms with E-state index in [9.17, 15) is 22.8 Å². The third-order valence-corrected chi connectivity index (χ3v) is 6.48. The molecule has 0 unspecified atom stereocenters. The van der Waals surface area contributed by atoms with Gasteiger partial charge in [0, 0.05) is 16.3 Å². The number of thiazole rings is 1. The zero-order valence-corrected chi connectivity index (χ0v) is 19.9. The highest BCUT2D eigenvalue weighted by Gasteiger charge is 2.36. The van der Waals surface area contributed by atoms with E-state index in [2.05, 4.69) is 20.4 Å². The second kappa shape index (κ2) is 8.92. The standard InChI is InChI=1S/C26H14F3N5O3S/c27-26(28,29)21-11-18(14-6-2-1-3-7-14)31-22-17(12-30-34(21)22)23(35)33-25-32-19(13-38-25)16-10-15-8-4-5-9-20(15)37-24(16)36/h1-13H,(H,32,33,35). The fourth-order valence-corrected chi connectivity index (χ4v) is 4.65. The lowest BCUT2D eigenvalue weighted by molar-refractivity contribution is -0.142. The van der Waals surface area contributed by atoms with Crippen molar-refractivity contribution in [3.63, 3.8) is 0 Å². The van der Waals surface area contributed by atoms with E-state index in [-0.39, 0.29) is 33.3 Å². The van der Waals surface area contributed by atoms with Crippen molar-refractivity contribution in [2.45, 2.75) is 6.18 Å². The van der Waals surface area contributed by atoms with Crippen molar-refractivity contribution < 1.29 is 22.4 Å². The minimum absolute atomic E-state index is 0.0412. The summed E-state index contributed by atoms with van der Waals surface area (Å²) >= 11 is 1.05. The van der Waals surface area contributed by atoms with Crippen molar-refractivity contribution in [3.8, 4) is 22.5 Å². The van der Waals surface area contributed by atoms with Crippen LogP contribution in [0.1, 0.15) is 16.1 Å². The van der Waals surface area contributed by atoms with E-state index in [1.807, 2.05) is 0 Å². The van der Waals surface area contributed by atoms with E-state index in [0.717, 1.165) is 23.6 Å². The molecule has 6 aromatic rings. The van der Waals surface area contributed by atoms with Crippen LogP contribution in [-0.2, 0) is 6.18 Å². The molecule has 0 aliphatic carbocycles. The molecule has 8 nitrogen and oxygen atoms in total. The molecule has 1 N–H and O–H groups in total. The van der Waals surface area contributed by atoms with Crippen LogP contribution in [0.5, 0.6) is 0 Å². The topological polar surface area (TPSA) is 102 Å². The molecule has 4 aromatic heterocycles. The van der Waals surface area contributed by atoms with E-state index < -0.39 is 23.4 Å². The minimum atomic E-state index is -4.74. The van der Waals surface area contributed by atoms with Crippen molar-refractivity contribution in [2.75, 3.05) is 5.32 Å². The lowest BCUT2D eigenvalue weighted by atomic mass is 10.1. The summed E-state index contributed by atoms with van der Waals surface area (Å²) in [6.45, 7) is 0. The smallest absolute Gasteiger partial charge is 0.422 e. The van der Waals surface area contributed by atoms with Gasteiger partial charge in [0.05, 0.1) is 23.1 Å². The van der Waals surface area contributed by atoms with Crippen molar-refractivity contribution in [3.05, 3.63) is 100.0 Å². The normalized spacial score (nSPS) is 11.8. The van der Waals surface area contributed by atoms with Gasteiger partial charge in [-0.15, -0.1) is 11.3 Å². The summed E-state index contributed by atoms with van der Waals surface area (Å²) in [6.07, 6.45) is -3.72. The number of halogens is 3. The van der Waals surface area contributed by atoms with E-state index >= 15 is 0 Å². The van der Waals surface area contributed by atoms with Gasteiger partial charge in [0.2, 0.25) is 0 Å². The fourth-order valence-electron chi connectivity index (χ4n) is 3.94. The number of hydrogen-bond acceptors (Lipinski definition) is 7. The molecule has 1 amide bonds. The summed E-state index contributed by atoms with van der Waals surface area (Å²) in [5, 5.41) is 8.74. The predicted octanol–water partition coefficient (Wildman–Crippen LogP) is 5.90. The molecule has 0 fully saturated rings. The maximum atomic E-state index is 13.8. The van der Waals surface area contributed by atoms with Gasteiger partial charge in [0.1, 0.15) is 11.1 Å². The molecule has 0 radical (unpaired) electrons. The number of aromatic nitrogens is 4. The number of rotatable bonds is 4. The van der Waals surface area contributed by atoms with Gasteiger partial charge in [-0.05, 0) is 18.2 Å². The Morgan fingerprint density at radius 2 is 1.74 bits per heavy atom. The molecule has 38 heavy (non-hydrogen) atoms. The van der Waals surface area contributed by atoms with Gasteiger partial charge in [-0.2, -0.15) is 18.3 Å². The second-order valence-corrected chi connectivity index (χ2v) is 9.02. The molecule has 0 atom stereocenters. The fraction of sp³-hybridized carbons (Fsp3) is 0.0385. The first kappa shape index (κ1) is 23.6. The molecule has 0 aliphatic heterocycles. The van der Waals surface area contributed by atoms with Crippen LogP contribution in [0.25, 0.3) is 39.1 Å². The zero-order chi connectivity index (χ0) is 26.4. The predicted molar refractivity (Wildman–Crippen MR) is 135 cm³/mol. The number of para-hydroxylation sites is 1. The first-order valence-electron chi connectivity index (χ1n) is 11.1. The molecule has 2 aromatic carbocycles. The van der Waals surface area contributed by atoms with Crippen LogP contribution in [0.15, 0.2) is 87.5 Å². The molecule has 0 bridgehead atoms. The lowest BCUT2D eigenvalue weighted by Gasteiger charge is -2.11. The third kappa shape index (κ3) is 4.20. The van der Waals surface area contributed by atoms with Gasteiger partial charge in [0.25, 0.3) is 5.91 Å². The molecule has 0 saturated carbocycles. The Hall–Kier alpha value is -4.84.